The first-order chi connectivity index (χ1) is 13.0. The first-order valence-corrected chi connectivity index (χ1v) is 10.6. The van der Waals surface area contributed by atoms with Crippen LogP contribution in [0.2, 0.25) is 0 Å². The van der Waals surface area contributed by atoms with Crippen LogP contribution in [0.3, 0.4) is 0 Å². The second-order valence-corrected chi connectivity index (χ2v) is 9.27. The van der Waals surface area contributed by atoms with Gasteiger partial charge in [-0.25, -0.2) is 0 Å². The summed E-state index contributed by atoms with van der Waals surface area (Å²) in [4.78, 5) is 12.6. The zero-order valence-corrected chi connectivity index (χ0v) is 16.9. The summed E-state index contributed by atoms with van der Waals surface area (Å²) in [6, 6.07) is 4.29. The Kier molecular flexibility index (Phi) is 5.19. The van der Waals surface area contributed by atoms with E-state index in [9.17, 15) is 4.79 Å². The lowest BCUT2D eigenvalue weighted by atomic mass is 9.59. The Hall–Kier alpha value is -1.55. The minimum absolute atomic E-state index is 0.0116. The molecule has 0 radical (unpaired) electrons. The van der Waals surface area contributed by atoms with Gasteiger partial charge in [-0.1, -0.05) is 31.9 Å². The van der Waals surface area contributed by atoms with Crippen LogP contribution >= 0.6 is 0 Å². The van der Waals surface area contributed by atoms with Crippen LogP contribution < -0.4 is 5.32 Å². The van der Waals surface area contributed by atoms with Crippen LogP contribution in [0.4, 0.5) is 0 Å². The van der Waals surface area contributed by atoms with Crippen molar-refractivity contribution in [2.45, 2.75) is 71.4 Å². The molecule has 1 aromatic rings. The molecule has 1 saturated carbocycles. The third-order valence-corrected chi connectivity index (χ3v) is 7.17. The summed E-state index contributed by atoms with van der Waals surface area (Å²) in [5, 5.41) is 3.57. The minimum Gasteiger partial charge on any atom is -0.469 e. The molecule has 1 saturated heterocycles. The topological polar surface area (TPSA) is 51.5 Å². The molecule has 1 N–H and O–H groups in total. The maximum absolute atomic E-state index is 12.6. The number of hydrogen-bond donors (Lipinski definition) is 1. The molecule has 2 fully saturated rings. The van der Waals surface area contributed by atoms with Crippen LogP contribution in [0.1, 0.15) is 58.6 Å². The summed E-state index contributed by atoms with van der Waals surface area (Å²) in [5.41, 5.74) is 1.82. The van der Waals surface area contributed by atoms with E-state index in [-0.39, 0.29) is 29.3 Å². The van der Waals surface area contributed by atoms with Crippen LogP contribution in [-0.2, 0) is 16.0 Å². The van der Waals surface area contributed by atoms with E-state index in [1.807, 2.05) is 12.1 Å². The molecular formula is C23H33NO3. The number of fused-ring (bicyclic) bond motifs is 2. The van der Waals surface area contributed by atoms with Crippen LogP contribution in [0.25, 0.3) is 0 Å². The van der Waals surface area contributed by atoms with E-state index in [2.05, 4.69) is 32.2 Å². The highest BCUT2D eigenvalue weighted by Crippen LogP contribution is 2.53. The van der Waals surface area contributed by atoms with Crippen molar-refractivity contribution in [3.63, 3.8) is 0 Å². The van der Waals surface area contributed by atoms with E-state index in [4.69, 9.17) is 9.15 Å². The SMILES string of the molecule is C[C@H](CCc1ccco1)NC[C@H]1C(=O)O[C@@H]2C[C@]3(C)CCC[C@@H](C)C3=C[C@H]21. The second kappa shape index (κ2) is 7.46. The Morgan fingerprint density at radius 2 is 2.26 bits per heavy atom. The molecule has 4 rings (SSSR count). The number of hydrogen-bond acceptors (Lipinski definition) is 4. The molecule has 0 amide bonds. The van der Waals surface area contributed by atoms with Gasteiger partial charge in [-0.15, -0.1) is 0 Å². The van der Waals surface area contributed by atoms with Crippen molar-refractivity contribution in [3.05, 3.63) is 35.8 Å². The van der Waals surface area contributed by atoms with Crippen molar-refractivity contribution < 1.29 is 13.9 Å². The summed E-state index contributed by atoms with van der Waals surface area (Å²) in [5.74, 6) is 1.84. The summed E-state index contributed by atoms with van der Waals surface area (Å²) in [6.07, 6.45) is 10.9. The predicted molar refractivity (Wildman–Crippen MR) is 105 cm³/mol. The van der Waals surface area contributed by atoms with Crippen molar-refractivity contribution in [3.8, 4) is 0 Å². The molecule has 2 aliphatic carbocycles. The fraction of sp³-hybridized carbons (Fsp3) is 0.696. The number of allylic oxidation sites excluding steroid dienone is 1. The van der Waals surface area contributed by atoms with Crippen molar-refractivity contribution in [2.24, 2.45) is 23.2 Å². The van der Waals surface area contributed by atoms with Crippen molar-refractivity contribution >= 4 is 5.97 Å². The van der Waals surface area contributed by atoms with Gasteiger partial charge in [0, 0.05) is 24.9 Å². The number of ether oxygens (including phenoxy) is 1. The van der Waals surface area contributed by atoms with Crippen LogP contribution in [0.15, 0.2) is 34.5 Å². The highest BCUT2D eigenvalue weighted by Gasteiger charge is 2.51. The van der Waals surface area contributed by atoms with E-state index in [1.54, 1.807) is 11.8 Å². The number of nitrogens with one attached hydrogen (secondary N) is 1. The lowest BCUT2D eigenvalue weighted by molar-refractivity contribution is -0.145. The Morgan fingerprint density at radius 1 is 1.41 bits per heavy atom. The number of furan rings is 1. The fourth-order valence-electron chi connectivity index (χ4n) is 5.53. The normalized spacial score (nSPS) is 36.6. The summed E-state index contributed by atoms with van der Waals surface area (Å²) < 4.78 is 11.2. The monoisotopic (exact) mass is 371 g/mol. The molecule has 4 nitrogen and oxygen atoms in total. The third kappa shape index (κ3) is 3.73. The summed E-state index contributed by atoms with van der Waals surface area (Å²) in [7, 11) is 0. The Bertz CT molecular complexity index is 694. The molecular weight excluding hydrogens is 338 g/mol. The highest BCUT2D eigenvalue weighted by molar-refractivity contribution is 5.76. The number of esters is 1. The Labute approximate surface area is 162 Å². The number of carbonyl (C=O) groups is 1. The summed E-state index contributed by atoms with van der Waals surface area (Å²) in [6.45, 7) is 7.61. The minimum atomic E-state index is -0.0489. The molecule has 0 aromatic carbocycles. The molecule has 1 aliphatic heterocycles. The smallest absolute Gasteiger partial charge is 0.311 e. The van der Waals surface area contributed by atoms with Gasteiger partial charge >= 0.3 is 5.97 Å². The second-order valence-electron chi connectivity index (χ2n) is 9.27. The molecule has 2 heterocycles. The van der Waals surface area contributed by atoms with Gasteiger partial charge in [0.05, 0.1) is 12.2 Å². The highest BCUT2D eigenvalue weighted by atomic mass is 16.6. The van der Waals surface area contributed by atoms with Gasteiger partial charge in [-0.05, 0) is 56.1 Å². The molecule has 0 unspecified atom stereocenters. The van der Waals surface area contributed by atoms with Gasteiger partial charge in [-0.3, -0.25) is 4.79 Å². The quantitative estimate of drug-likeness (QED) is 0.591. The average molecular weight is 372 g/mol. The molecule has 0 bridgehead atoms. The third-order valence-electron chi connectivity index (χ3n) is 7.17. The first-order valence-electron chi connectivity index (χ1n) is 10.6. The number of carbonyl (C=O) groups excluding carboxylic acids is 1. The number of aryl methyl sites for hydroxylation is 1. The maximum atomic E-state index is 12.6. The van der Waals surface area contributed by atoms with Crippen LogP contribution in [0.5, 0.6) is 0 Å². The molecule has 1 aromatic heterocycles. The van der Waals surface area contributed by atoms with Gasteiger partial charge in [0.15, 0.2) is 0 Å². The zero-order chi connectivity index (χ0) is 19.0. The number of rotatable bonds is 6. The standard InChI is InChI=1S/C23H33NO3/c1-15-6-4-10-23(3)13-21-18(12-20(15)23)19(22(25)27-21)14-24-16(2)8-9-17-7-5-11-26-17/h5,7,11-12,15-16,18-19,21,24H,4,6,8-10,13-14H2,1-3H3/t15-,16-,18+,19-,21-,23+/m1/s1. The lowest BCUT2D eigenvalue weighted by Gasteiger charge is -2.46. The van der Waals surface area contributed by atoms with Gasteiger partial charge < -0.3 is 14.5 Å². The molecule has 0 spiro atoms. The van der Waals surface area contributed by atoms with Gasteiger partial charge in [0.2, 0.25) is 0 Å². The van der Waals surface area contributed by atoms with Crippen molar-refractivity contribution in [1.29, 1.82) is 0 Å². The van der Waals surface area contributed by atoms with Crippen molar-refractivity contribution in [1.82, 2.24) is 5.32 Å². The van der Waals surface area contributed by atoms with Gasteiger partial charge in [0.1, 0.15) is 11.9 Å². The first kappa shape index (κ1) is 18.8. The molecule has 4 heteroatoms. The predicted octanol–water partition coefficient (Wildman–Crippen LogP) is 4.50. The van der Waals surface area contributed by atoms with Gasteiger partial charge in [0.25, 0.3) is 0 Å². The Balaban J connectivity index is 1.39. The molecule has 148 valence electrons. The average Bonchev–Trinajstić information content (AvgIpc) is 3.23. The van der Waals surface area contributed by atoms with Gasteiger partial charge in [-0.2, -0.15) is 0 Å². The zero-order valence-electron chi connectivity index (χ0n) is 16.9. The van der Waals surface area contributed by atoms with E-state index in [0.717, 1.165) is 25.0 Å². The van der Waals surface area contributed by atoms with Crippen LogP contribution in [-0.4, -0.2) is 24.7 Å². The van der Waals surface area contributed by atoms with Crippen molar-refractivity contribution in [2.75, 3.05) is 6.54 Å². The molecule has 6 atom stereocenters. The maximum Gasteiger partial charge on any atom is 0.311 e. The van der Waals surface area contributed by atoms with E-state index in [1.165, 1.54) is 19.3 Å². The van der Waals surface area contributed by atoms with E-state index < -0.39 is 0 Å². The summed E-state index contributed by atoms with van der Waals surface area (Å²) >= 11 is 0. The van der Waals surface area contributed by atoms with E-state index >= 15 is 0 Å². The fourth-order valence-corrected chi connectivity index (χ4v) is 5.53. The van der Waals surface area contributed by atoms with Crippen LogP contribution in [0, 0.1) is 23.2 Å². The lowest BCUT2D eigenvalue weighted by Crippen LogP contribution is -2.41. The largest absolute Gasteiger partial charge is 0.469 e. The molecule has 3 aliphatic rings. The van der Waals surface area contributed by atoms with E-state index in [0.29, 0.717) is 18.5 Å². The molecule has 27 heavy (non-hydrogen) atoms. The Morgan fingerprint density at radius 3 is 3.04 bits per heavy atom.